The lowest BCUT2D eigenvalue weighted by Crippen LogP contribution is -2.27. The number of carboxylic acids is 1. The van der Waals surface area contributed by atoms with Crippen LogP contribution in [0.25, 0.3) is 0 Å². The van der Waals surface area contributed by atoms with Gasteiger partial charge < -0.3 is 9.84 Å². The first kappa shape index (κ1) is 29.9. The van der Waals surface area contributed by atoms with Crippen LogP contribution in [-0.4, -0.2) is 23.7 Å². The van der Waals surface area contributed by atoms with E-state index in [1.807, 2.05) is 0 Å². The molecule has 0 heterocycles. The Morgan fingerprint density at radius 3 is 1.52 bits per heavy atom. The number of aliphatic carboxylic acids is 1. The van der Waals surface area contributed by atoms with Gasteiger partial charge in [0.05, 0.1) is 6.61 Å². The molecule has 0 fully saturated rings. The number of unbranched alkanes of at least 4 members (excludes halogenated alkanes) is 14. The molecule has 0 rings (SSSR count). The van der Waals surface area contributed by atoms with Crippen LogP contribution in [0.1, 0.15) is 143 Å². The Hall–Kier alpha value is -1.06. The van der Waals surface area contributed by atoms with Crippen LogP contribution in [0.15, 0.2) is 0 Å². The van der Waals surface area contributed by atoms with Gasteiger partial charge in [-0.3, -0.25) is 9.59 Å². The molecule has 31 heavy (non-hydrogen) atoms. The molecule has 0 aliphatic rings. The van der Waals surface area contributed by atoms with E-state index < -0.39 is 17.9 Å². The standard InChI is InChI=1S/C27H52O4/c1-4-7-9-10-11-12-13-14-15-16-17-18-19-20-22-25(26(28)29)27(30)31-23-24(6-3)21-8-5-2/h24-25H,4-23H2,1-3H3,(H,28,29). The summed E-state index contributed by atoms with van der Waals surface area (Å²) in [6, 6.07) is 0. The van der Waals surface area contributed by atoms with Crippen LogP contribution in [-0.2, 0) is 14.3 Å². The maximum absolute atomic E-state index is 12.2. The van der Waals surface area contributed by atoms with Gasteiger partial charge in [0.2, 0.25) is 0 Å². The molecule has 0 aliphatic heterocycles. The maximum Gasteiger partial charge on any atom is 0.320 e. The average molecular weight is 441 g/mol. The molecule has 2 unspecified atom stereocenters. The summed E-state index contributed by atoms with van der Waals surface area (Å²) < 4.78 is 5.37. The SMILES string of the molecule is CCCCCCCCCCCCCCCCC(C(=O)O)C(=O)OCC(CC)CCCC. The summed E-state index contributed by atoms with van der Waals surface area (Å²) in [4.78, 5) is 23.7. The Morgan fingerprint density at radius 2 is 1.10 bits per heavy atom. The van der Waals surface area contributed by atoms with E-state index in [0.29, 0.717) is 18.9 Å². The summed E-state index contributed by atoms with van der Waals surface area (Å²) in [5.41, 5.74) is 0. The summed E-state index contributed by atoms with van der Waals surface area (Å²) >= 11 is 0. The van der Waals surface area contributed by atoms with E-state index >= 15 is 0 Å². The van der Waals surface area contributed by atoms with Crippen molar-refractivity contribution in [2.45, 2.75) is 143 Å². The van der Waals surface area contributed by atoms with Crippen LogP contribution in [0.2, 0.25) is 0 Å². The van der Waals surface area contributed by atoms with Gasteiger partial charge in [-0.25, -0.2) is 0 Å². The minimum atomic E-state index is -1.04. The normalized spacial score (nSPS) is 13.1. The zero-order chi connectivity index (χ0) is 23.2. The number of ether oxygens (including phenoxy) is 1. The first-order valence-corrected chi connectivity index (χ1v) is 13.5. The van der Waals surface area contributed by atoms with Crippen LogP contribution < -0.4 is 0 Å². The number of rotatable bonds is 23. The van der Waals surface area contributed by atoms with E-state index in [4.69, 9.17) is 4.74 Å². The average Bonchev–Trinajstić information content (AvgIpc) is 2.76. The zero-order valence-electron chi connectivity index (χ0n) is 21.0. The van der Waals surface area contributed by atoms with Crippen molar-refractivity contribution in [3.63, 3.8) is 0 Å². The highest BCUT2D eigenvalue weighted by atomic mass is 16.5. The van der Waals surface area contributed by atoms with Gasteiger partial charge in [-0.2, -0.15) is 0 Å². The van der Waals surface area contributed by atoms with Crippen molar-refractivity contribution >= 4 is 11.9 Å². The molecule has 0 saturated carbocycles. The smallest absolute Gasteiger partial charge is 0.320 e. The molecule has 184 valence electrons. The highest BCUT2D eigenvalue weighted by molar-refractivity contribution is 5.93. The van der Waals surface area contributed by atoms with Crippen molar-refractivity contribution < 1.29 is 19.4 Å². The number of carbonyl (C=O) groups is 2. The minimum Gasteiger partial charge on any atom is -0.481 e. The molecular weight excluding hydrogens is 388 g/mol. The molecule has 0 spiro atoms. The molecule has 1 N–H and O–H groups in total. The van der Waals surface area contributed by atoms with Gasteiger partial charge in [-0.05, 0) is 18.8 Å². The summed E-state index contributed by atoms with van der Waals surface area (Å²) in [5, 5.41) is 9.41. The Labute approximate surface area is 192 Å². The van der Waals surface area contributed by atoms with Gasteiger partial charge in [-0.1, -0.05) is 130 Å². The van der Waals surface area contributed by atoms with Gasteiger partial charge in [0, 0.05) is 0 Å². The second-order valence-electron chi connectivity index (χ2n) is 9.32. The first-order chi connectivity index (χ1) is 15.1. The third kappa shape index (κ3) is 18.2. The van der Waals surface area contributed by atoms with E-state index in [1.165, 1.54) is 70.6 Å². The Morgan fingerprint density at radius 1 is 0.645 bits per heavy atom. The van der Waals surface area contributed by atoms with Crippen molar-refractivity contribution in [3.8, 4) is 0 Å². The zero-order valence-corrected chi connectivity index (χ0v) is 21.0. The van der Waals surface area contributed by atoms with Gasteiger partial charge in [-0.15, -0.1) is 0 Å². The summed E-state index contributed by atoms with van der Waals surface area (Å²) in [5.74, 6) is -2.24. The lowest BCUT2D eigenvalue weighted by atomic mass is 9.99. The lowest BCUT2D eigenvalue weighted by Gasteiger charge is -2.17. The first-order valence-electron chi connectivity index (χ1n) is 13.5. The molecular formula is C27H52O4. The second-order valence-corrected chi connectivity index (χ2v) is 9.32. The molecule has 0 aromatic rings. The van der Waals surface area contributed by atoms with Crippen molar-refractivity contribution in [2.75, 3.05) is 6.61 Å². The van der Waals surface area contributed by atoms with E-state index in [1.54, 1.807) is 0 Å². The summed E-state index contributed by atoms with van der Waals surface area (Å²) in [6.07, 6.45) is 22.4. The van der Waals surface area contributed by atoms with E-state index in [0.717, 1.165) is 44.9 Å². The predicted octanol–water partition coefficient (Wildman–Crippen LogP) is 8.32. The Balaban J connectivity index is 3.74. The third-order valence-corrected chi connectivity index (χ3v) is 6.43. The maximum atomic E-state index is 12.2. The van der Waals surface area contributed by atoms with E-state index in [2.05, 4.69) is 20.8 Å². The highest BCUT2D eigenvalue weighted by Gasteiger charge is 2.27. The molecule has 0 amide bonds. The fourth-order valence-corrected chi connectivity index (χ4v) is 4.08. The van der Waals surface area contributed by atoms with Gasteiger partial charge in [0.15, 0.2) is 5.92 Å². The van der Waals surface area contributed by atoms with Crippen LogP contribution >= 0.6 is 0 Å². The fraction of sp³-hybridized carbons (Fsp3) is 0.926. The number of hydrogen-bond acceptors (Lipinski definition) is 3. The molecule has 4 heteroatoms. The van der Waals surface area contributed by atoms with Gasteiger partial charge in [0.1, 0.15) is 0 Å². The molecule has 0 aromatic heterocycles. The van der Waals surface area contributed by atoms with Crippen molar-refractivity contribution in [2.24, 2.45) is 11.8 Å². The molecule has 0 bridgehead atoms. The van der Waals surface area contributed by atoms with Crippen LogP contribution in [0, 0.1) is 11.8 Å². The Bertz CT molecular complexity index is 421. The largest absolute Gasteiger partial charge is 0.481 e. The number of carboxylic acid groups (broad SMARTS) is 1. The fourth-order valence-electron chi connectivity index (χ4n) is 4.08. The van der Waals surface area contributed by atoms with Crippen molar-refractivity contribution in [3.05, 3.63) is 0 Å². The van der Waals surface area contributed by atoms with Crippen LogP contribution in [0.4, 0.5) is 0 Å². The molecule has 0 saturated heterocycles. The topological polar surface area (TPSA) is 63.6 Å². The predicted molar refractivity (Wildman–Crippen MR) is 130 cm³/mol. The summed E-state index contributed by atoms with van der Waals surface area (Å²) in [6.45, 7) is 6.86. The van der Waals surface area contributed by atoms with Crippen LogP contribution in [0.3, 0.4) is 0 Å². The Kier molecular flexibility index (Phi) is 21.4. The third-order valence-electron chi connectivity index (χ3n) is 6.43. The van der Waals surface area contributed by atoms with E-state index in [-0.39, 0.29) is 0 Å². The molecule has 2 atom stereocenters. The molecule has 0 radical (unpaired) electrons. The number of carbonyl (C=O) groups excluding carboxylic acids is 1. The molecule has 0 aliphatic carbocycles. The van der Waals surface area contributed by atoms with Gasteiger partial charge in [0.25, 0.3) is 0 Å². The van der Waals surface area contributed by atoms with E-state index in [9.17, 15) is 14.7 Å². The lowest BCUT2D eigenvalue weighted by molar-refractivity contribution is -0.160. The number of esters is 1. The number of hydrogen-bond donors (Lipinski definition) is 1. The van der Waals surface area contributed by atoms with Crippen molar-refractivity contribution in [1.82, 2.24) is 0 Å². The van der Waals surface area contributed by atoms with Crippen LogP contribution in [0.5, 0.6) is 0 Å². The van der Waals surface area contributed by atoms with Crippen molar-refractivity contribution in [1.29, 1.82) is 0 Å². The monoisotopic (exact) mass is 440 g/mol. The molecule has 4 nitrogen and oxygen atoms in total. The van der Waals surface area contributed by atoms with Gasteiger partial charge >= 0.3 is 11.9 Å². The quantitative estimate of drug-likeness (QED) is 0.0985. The highest BCUT2D eigenvalue weighted by Crippen LogP contribution is 2.18. The second kappa shape index (κ2) is 22.1. The summed E-state index contributed by atoms with van der Waals surface area (Å²) in [7, 11) is 0. The molecule has 0 aromatic carbocycles. The minimum absolute atomic E-state index is 0.347.